The number of nitrogens with one attached hydrogen (secondary N) is 1. The summed E-state index contributed by atoms with van der Waals surface area (Å²) in [4.78, 5) is 16.2. The second-order valence-corrected chi connectivity index (χ2v) is 5.46. The zero-order chi connectivity index (χ0) is 18.6. The van der Waals surface area contributed by atoms with E-state index in [-0.39, 0.29) is 5.57 Å². The minimum Gasteiger partial charge on any atom is -0.488 e. The fraction of sp³-hybridized carbons (Fsp3) is 0.250. The van der Waals surface area contributed by atoms with Crippen LogP contribution in [0.3, 0.4) is 0 Å². The lowest BCUT2D eigenvalue weighted by Gasteiger charge is -2.10. The zero-order valence-electron chi connectivity index (χ0n) is 14.6. The lowest BCUT2D eigenvalue weighted by atomic mass is 10.1. The molecule has 1 N–H and O–H groups in total. The molecule has 0 saturated heterocycles. The summed E-state index contributed by atoms with van der Waals surface area (Å²) in [6.07, 6.45) is 5.65. The summed E-state index contributed by atoms with van der Waals surface area (Å²) in [5, 5.41) is 12.0. The molecule has 1 amide bonds. The summed E-state index contributed by atoms with van der Waals surface area (Å²) in [5.41, 5.74) is 1.63. The number of nitriles is 1. The van der Waals surface area contributed by atoms with E-state index in [9.17, 15) is 10.1 Å². The first-order chi connectivity index (χ1) is 12.7. The molecule has 0 aliphatic rings. The number of carbonyl (C=O) groups is 1. The monoisotopic (exact) mass is 351 g/mol. The zero-order valence-corrected chi connectivity index (χ0v) is 14.6. The van der Waals surface area contributed by atoms with Crippen LogP contribution in [0, 0.1) is 11.3 Å². The Morgan fingerprint density at radius 3 is 2.88 bits per heavy atom. The fourth-order valence-corrected chi connectivity index (χ4v) is 2.19. The summed E-state index contributed by atoms with van der Waals surface area (Å²) in [6, 6.07) is 13.0. The Labute approximate surface area is 153 Å². The number of hydrogen-bond donors (Lipinski definition) is 1. The predicted octanol–water partition coefficient (Wildman–Crippen LogP) is 2.72. The maximum absolute atomic E-state index is 12.1. The molecule has 2 aromatic rings. The van der Waals surface area contributed by atoms with Gasteiger partial charge in [-0.1, -0.05) is 24.3 Å². The van der Waals surface area contributed by atoms with Crippen LogP contribution in [0.1, 0.15) is 17.5 Å². The van der Waals surface area contributed by atoms with Crippen molar-refractivity contribution in [3.63, 3.8) is 0 Å². The van der Waals surface area contributed by atoms with Gasteiger partial charge in [0.2, 0.25) is 0 Å². The molecule has 1 aromatic heterocycles. The number of benzene rings is 1. The minimum atomic E-state index is -0.411. The van der Waals surface area contributed by atoms with Crippen molar-refractivity contribution in [3.8, 4) is 11.8 Å². The molecule has 0 saturated carbocycles. The molecule has 0 fully saturated rings. The number of hydrogen-bond acceptors (Lipinski definition) is 5. The van der Waals surface area contributed by atoms with Crippen LogP contribution in [-0.2, 0) is 16.1 Å². The van der Waals surface area contributed by atoms with Crippen LogP contribution in [-0.4, -0.2) is 31.2 Å². The van der Waals surface area contributed by atoms with Gasteiger partial charge in [0.25, 0.3) is 5.91 Å². The van der Waals surface area contributed by atoms with Gasteiger partial charge >= 0.3 is 0 Å². The molecule has 0 spiro atoms. The number of carbonyl (C=O) groups excluding carboxylic acids is 1. The quantitative estimate of drug-likeness (QED) is 0.427. The van der Waals surface area contributed by atoms with Crippen LogP contribution in [0.2, 0.25) is 0 Å². The van der Waals surface area contributed by atoms with Gasteiger partial charge in [-0.05, 0) is 24.6 Å². The van der Waals surface area contributed by atoms with Gasteiger partial charge in [0.1, 0.15) is 24.0 Å². The molecule has 26 heavy (non-hydrogen) atoms. The molecular weight excluding hydrogens is 330 g/mol. The van der Waals surface area contributed by atoms with Crippen LogP contribution in [0.25, 0.3) is 6.08 Å². The molecule has 0 unspecified atom stereocenters. The lowest BCUT2D eigenvalue weighted by molar-refractivity contribution is -0.117. The Hall–Kier alpha value is -3.17. The highest BCUT2D eigenvalue weighted by molar-refractivity contribution is 6.01. The molecule has 0 radical (unpaired) electrons. The molecule has 0 bridgehead atoms. The van der Waals surface area contributed by atoms with Crippen LogP contribution in [0.4, 0.5) is 0 Å². The average Bonchev–Trinajstić information content (AvgIpc) is 2.69. The molecule has 0 atom stereocenters. The highest BCUT2D eigenvalue weighted by Crippen LogP contribution is 2.22. The molecule has 6 nitrogen and oxygen atoms in total. The van der Waals surface area contributed by atoms with Crippen molar-refractivity contribution in [2.75, 3.05) is 20.3 Å². The van der Waals surface area contributed by atoms with Crippen LogP contribution < -0.4 is 10.1 Å². The first-order valence-corrected chi connectivity index (χ1v) is 8.24. The maximum Gasteiger partial charge on any atom is 0.261 e. The number of pyridine rings is 1. The largest absolute Gasteiger partial charge is 0.488 e. The van der Waals surface area contributed by atoms with Gasteiger partial charge in [0.05, 0.1) is 0 Å². The minimum absolute atomic E-state index is 0.0276. The Morgan fingerprint density at radius 2 is 2.15 bits per heavy atom. The lowest BCUT2D eigenvalue weighted by Crippen LogP contribution is -2.26. The molecule has 1 heterocycles. The van der Waals surface area contributed by atoms with E-state index in [2.05, 4.69) is 10.3 Å². The first kappa shape index (κ1) is 19.2. The predicted molar refractivity (Wildman–Crippen MR) is 98.1 cm³/mol. The van der Waals surface area contributed by atoms with E-state index in [0.717, 1.165) is 5.56 Å². The normalized spacial score (nSPS) is 10.8. The van der Waals surface area contributed by atoms with E-state index >= 15 is 0 Å². The number of aromatic nitrogens is 1. The van der Waals surface area contributed by atoms with Gasteiger partial charge in [-0.25, -0.2) is 0 Å². The van der Waals surface area contributed by atoms with Crippen LogP contribution >= 0.6 is 0 Å². The van der Waals surface area contributed by atoms with Gasteiger partial charge < -0.3 is 14.8 Å². The summed E-state index contributed by atoms with van der Waals surface area (Å²) >= 11 is 0. The molecule has 134 valence electrons. The highest BCUT2D eigenvalue weighted by atomic mass is 16.5. The molecule has 2 rings (SSSR count). The Bertz CT molecular complexity index is 782. The van der Waals surface area contributed by atoms with Crippen molar-refractivity contribution in [2.45, 2.75) is 13.0 Å². The number of rotatable bonds is 9. The van der Waals surface area contributed by atoms with E-state index in [1.807, 2.05) is 30.3 Å². The first-order valence-electron chi connectivity index (χ1n) is 8.24. The maximum atomic E-state index is 12.1. The number of amides is 1. The number of ether oxygens (including phenoxy) is 2. The third-order valence-electron chi connectivity index (χ3n) is 3.51. The van der Waals surface area contributed by atoms with Gasteiger partial charge in [-0.3, -0.25) is 9.78 Å². The molecular formula is C20H21N3O3. The molecule has 1 aromatic carbocycles. The van der Waals surface area contributed by atoms with Crippen molar-refractivity contribution in [2.24, 2.45) is 0 Å². The van der Waals surface area contributed by atoms with Gasteiger partial charge in [-0.2, -0.15) is 5.26 Å². The smallest absolute Gasteiger partial charge is 0.261 e. The third kappa shape index (κ3) is 6.04. The summed E-state index contributed by atoms with van der Waals surface area (Å²) < 4.78 is 10.8. The highest BCUT2D eigenvalue weighted by Gasteiger charge is 2.10. The van der Waals surface area contributed by atoms with Crippen molar-refractivity contribution < 1.29 is 14.3 Å². The Kier molecular flexibility index (Phi) is 7.84. The third-order valence-corrected chi connectivity index (χ3v) is 3.51. The van der Waals surface area contributed by atoms with E-state index in [0.29, 0.717) is 37.5 Å². The van der Waals surface area contributed by atoms with E-state index in [1.54, 1.807) is 31.6 Å². The fourth-order valence-electron chi connectivity index (χ4n) is 2.19. The SMILES string of the molecule is COCCCNC(=O)C(C#N)=Cc1ccccc1OCc1cccnc1. The Balaban J connectivity index is 2.07. The average molecular weight is 351 g/mol. The molecule has 6 heteroatoms. The van der Waals surface area contributed by atoms with Crippen molar-refractivity contribution in [1.82, 2.24) is 10.3 Å². The van der Waals surface area contributed by atoms with Gasteiger partial charge in [0.15, 0.2) is 0 Å². The number of para-hydroxylation sites is 1. The standard InChI is InChI=1S/C20H21N3O3/c1-25-11-5-10-23-20(24)18(13-21)12-17-7-2-3-8-19(17)26-15-16-6-4-9-22-14-16/h2-4,6-9,12,14H,5,10-11,15H2,1H3,(H,23,24). The Morgan fingerprint density at radius 1 is 1.31 bits per heavy atom. The van der Waals surface area contributed by atoms with Gasteiger partial charge in [0, 0.05) is 43.8 Å². The van der Waals surface area contributed by atoms with Crippen molar-refractivity contribution in [3.05, 3.63) is 65.5 Å². The van der Waals surface area contributed by atoms with Crippen molar-refractivity contribution >= 4 is 12.0 Å². The second kappa shape index (κ2) is 10.6. The topological polar surface area (TPSA) is 84.2 Å². The van der Waals surface area contributed by atoms with Crippen LogP contribution in [0.5, 0.6) is 5.75 Å². The second-order valence-electron chi connectivity index (χ2n) is 5.46. The summed E-state index contributed by atoms with van der Waals surface area (Å²) in [7, 11) is 1.60. The molecule has 0 aliphatic heterocycles. The number of nitrogens with zero attached hydrogens (tertiary/aromatic N) is 2. The van der Waals surface area contributed by atoms with Crippen molar-refractivity contribution in [1.29, 1.82) is 5.26 Å². The summed E-state index contributed by atoms with van der Waals surface area (Å²) in [5.74, 6) is 0.182. The summed E-state index contributed by atoms with van der Waals surface area (Å²) in [6.45, 7) is 1.35. The van der Waals surface area contributed by atoms with Gasteiger partial charge in [-0.15, -0.1) is 0 Å². The van der Waals surface area contributed by atoms with E-state index < -0.39 is 5.91 Å². The molecule has 0 aliphatic carbocycles. The van der Waals surface area contributed by atoms with E-state index in [1.165, 1.54) is 6.08 Å². The van der Waals surface area contributed by atoms with E-state index in [4.69, 9.17) is 9.47 Å². The van der Waals surface area contributed by atoms with Crippen LogP contribution in [0.15, 0.2) is 54.4 Å². The number of methoxy groups -OCH3 is 1.